The molecule has 168 valence electrons. The van der Waals surface area contributed by atoms with Crippen LogP contribution < -0.4 is 10.5 Å². The summed E-state index contributed by atoms with van der Waals surface area (Å²) in [6.07, 6.45) is 1.78. The highest BCUT2D eigenvalue weighted by molar-refractivity contribution is 5.96. The highest BCUT2D eigenvalue weighted by Gasteiger charge is 2.20. The zero-order valence-electron chi connectivity index (χ0n) is 18.7. The van der Waals surface area contributed by atoms with Crippen LogP contribution in [0, 0.1) is 19.7 Å². The number of rotatable bonds is 6. The first kappa shape index (κ1) is 21.0. The third kappa shape index (κ3) is 3.50. The molecule has 33 heavy (non-hydrogen) atoms. The molecule has 0 saturated carbocycles. The van der Waals surface area contributed by atoms with Gasteiger partial charge in [0.25, 0.3) is 0 Å². The molecule has 2 aromatic carbocycles. The quantitative estimate of drug-likeness (QED) is 0.425. The number of benzene rings is 2. The van der Waals surface area contributed by atoms with Crippen molar-refractivity contribution in [1.82, 2.24) is 29.5 Å². The molecule has 0 bridgehead atoms. The second-order valence-corrected chi connectivity index (χ2v) is 7.83. The van der Waals surface area contributed by atoms with Crippen LogP contribution in [-0.4, -0.2) is 42.7 Å². The van der Waals surface area contributed by atoms with E-state index in [0.717, 1.165) is 33.4 Å². The average molecular weight is 446 g/mol. The van der Waals surface area contributed by atoms with E-state index in [-0.39, 0.29) is 0 Å². The number of aromatic nitrogens is 6. The fraction of sp³-hybridized carbons (Fsp3) is 0.250. The Morgan fingerprint density at radius 2 is 1.94 bits per heavy atom. The summed E-state index contributed by atoms with van der Waals surface area (Å²) in [7, 11) is 0. The Morgan fingerprint density at radius 3 is 2.70 bits per heavy atom. The molecule has 0 aliphatic rings. The van der Waals surface area contributed by atoms with Crippen LogP contribution in [0.1, 0.15) is 18.3 Å². The van der Waals surface area contributed by atoms with E-state index in [0.29, 0.717) is 42.3 Å². The second kappa shape index (κ2) is 8.25. The van der Waals surface area contributed by atoms with Crippen molar-refractivity contribution >= 4 is 21.9 Å². The number of halogens is 1. The van der Waals surface area contributed by atoms with Crippen molar-refractivity contribution in [2.24, 2.45) is 5.73 Å². The number of ether oxygens (including phenoxy) is 1. The Balaban J connectivity index is 1.69. The lowest BCUT2D eigenvalue weighted by atomic mass is 10.1. The van der Waals surface area contributed by atoms with Crippen molar-refractivity contribution in [3.8, 4) is 22.7 Å². The van der Waals surface area contributed by atoms with Crippen molar-refractivity contribution in [3.63, 3.8) is 0 Å². The standard InChI is InChI=1S/C24H24FN7O/c1-4-33-17-6-8-20(18(25)12-17)32-15(3)22-14(2)28-29-23(24(22)30-32)16-5-7-19-21(11-16)31(10-9-26)13-27-19/h5-8,11-13H,4,9-10,26H2,1-3H3. The van der Waals surface area contributed by atoms with Crippen molar-refractivity contribution in [2.45, 2.75) is 27.3 Å². The smallest absolute Gasteiger partial charge is 0.152 e. The van der Waals surface area contributed by atoms with Crippen LogP contribution in [0.25, 0.3) is 38.9 Å². The van der Waals surface area contributed by atoms with Gasteiger partial charge in [-0.05, 0) is 45.0 Å². The van der Waals surface area contributed by atoms with Gasteiger partial charge in [0.2, 0.25) is 0 Å². The normalized spacial score (nSPS) is 11.5. The summed E-state index contributed by atoms with van der Waals surface area (Å²) >= 11 is 0. The minimum absolute atomic E-state index is 0.342. The predicted molar refractivity (Wildman–Crippen MR) is 125 cm³/mol. The monoisotopic (exact) mass is 445 g/mol. The van der Waals surface area contributed by atoms with Gasteiger partial charge in [-0.1, -0.05) is 6.07 Å². The van der Waals surface area contributed by atoms with Gasteiger partial charge in [0, 0.05) is 30.1 Å². The Labute approximate surface area is 189 Å². The van der Waals surface area contributed by atoms with Crippen LogP contribution in [0.3, 0.4) is 0 Å². The molecule has 5 aromatic rings. The Hall–Kier alpha value is -3.85. The first-order valence-corrected chi connectivity index (χ1v) is 10.8. The summed E-state index contributed by atoms with van der Waals surface area (Å²) in [6, 6.07) is 10.7. The van der Waals surface area contributed by atoms with E-state index in [2.05, 4.69) is 15.2 Å². The maximum absolute atomic E-state index is 15.0. The lowest BCUT2D eigenvalue weighted by molar-refractivity contribution is 0.338. The third-order valence-corrected chi connectivity index (χ3v) is 5.73. The van der Waals surface area contributed by atoms with E-state index in [1.54, 1.807) is 23.1 Å². The molecule has 0 radical (unpaired) electrons. The van der Waals surface area contributed by atoms with Crippen molar-refractivity contribution in [1.29, 1.82) is 0 Å². The fourth-order valence-electron chi connectivity index (χ4n) is 4.19. The van der Waals surface area contributed by atoms with Gasteiger partial charge in [-0.25, -0.2) is 14.1 Å². The zero-order valence-corrected chi connectivity index (χ0v) is 18.7. The summed E-state index contributed by atoms with van der Waals surface area (Å²) < 4.78 is 24.0. The Morgan fingerprint density at radius 1 is 1.09 bits per heavy atom. The van der Waals surface area contributed by atoms with E-state index in [1.165, 1.54) is 6.07 Å². The maximum atomic E-state index is 15.0. The van der Waals surface area contributed by atoms with Crippen LogP contribution in [0.2, 0.25) is 0 Å². The first-order chi connectivity index (χ1) is 16.0. The van der Waals surface area contributed by atoms with Crippen molar-refractivity contribution in [3.05, 3.63) is 59.9 Å². The minimum Gasteiger partial charge on any atom is -0.494 e. The molecule has 0 unspecified atom stereocenters. The summed E-state index contributed by atoms with van der Waals surface area (Å²) in [5.41, 5.74) is 11.6. The van der Waals surface area contributed by atoms with E-state index >= 15 is 0 Å². The molecule has 0 spiro atoms. The van der Waals surface area contributed by atoms with Gasteiger partial charge in [-0.2, -0.15) is 10.2 Å². The fourth-order valence-corrected chi connectivity index (χ4v) is 4.19. The number of nitrogens with two attached hydrogens (primary N) is 1. The molecule has 0 aliphatic heterocycles. The highest BCUT2D eigenvalue weighted by Crippen LogP contribution is 2.32. The molecule has 0 fully saturated rings. The van der Waals surface area contributed by atoms with Gasteiger partial charge in [-0.15, -0.1) is 5.10 Å². The number of imidazole rings is 1. The minimum atomic E-state index is -0.413. The largest absolute Gasteiger partial charge is 0.494 e. The van der Waals surface area contributed by atoms with Gasteiger partial charge in [-0.3, -0.25) is 0 Å². The van der Waals surface area contributed by atoms with E-state index in [4.69, 9.17) is 15.6 Å². The van der Waals surface area contributed by atoms with Crippen LogP contribution in [0.4, 0.5) is 4.39 Å². The molecule has 3 heterocycles. The topological polar surface area (TPSA) is 96.7 Å². The van der Waals surface area contributed by atoms with Gasteiger partial charge in [0.1, 0.15) is 22.6 Å². The molecule has 0 amide bonds. The number of aryl methyl sites for hydroxylation is 2. The summed E-state index contributed by atoms with van der Waals surface area (Å²) in [5, 5.41) is 14.5. The number of hydrogen-bond donors (Lipinski definition) is 1. The average Bonchev–Trinajstić information content (AvgIpc) is 3.36. The van der Waals surface area contributed by atoms with E-state index < -0.39 is 5.82 Å². The van der Waals surface area contributed by atoms with Gasteiger partial charge < -0.3 is 15.0 Å². The number of nitrogens with zero attached hydrogens (tertiary/aromatic N) is 6. The summed E-state index contributed by atoms with van der Waals surface area (Å²) in [6.45, 7) is 7.30. The zero-order chi connectivity index (χ0) is 23.1. The van der Waals surface area contributed by atoms with Gasteiger partial charge >= 0.3 is 0 Å². The van der Waals surface area contributed by atoms with Gasteiger partial charge in [0.15, 0.2) is 5.82 Å². The SMILES string of the molecule is CCOc1ccc(-n2nc3c(-c4ccc5ncn(CCN)c5c4)nnc(C)c3c2C)c(F)c1. The lowest BCUT2D eigenvalue weighted by Crippen LogP contribution is -2.08. The van der Waals surface area contributed by atoms with Crippen LogP contribution >= 0.6 is 0 Å². The molecule has 0 saturated heterocycles. The van der Waals surface area contributed by atoms with Crippen LogP contribution in [0.5, 0.6) is 5.75 Å². The summed E-state index contributed by atoms with van der Waals surface area (Å²) in [5.74, 6) is 0.0693. The molecule has 5 rings (SSSR count). The van der Waals surface area contributed by atoms with Crippen molar-refractivity contribution in [2.75, 3.05) is 13.2 Å². The van der Waals surface area contributed by atoms with Crippen LogP contribution in [-0.2, 0) is 6.54 Å². The third-order valence-electron chi connectivity index (χ3n) is 5.73. The molecule has 0 atom stereocenters. The highest BCUT2D eigenvalue weighted by atomic mass is 19.1. The second-order valence-electron chi connectivity index (χ2n) is 7.83. The first-order valence-electron chi connectivity index (χ1n) is 10.8. The number of fused-ring (bicyclic) bond motifs is 2. The predicted octanol–water partition coefficient (Wildman–Crippen LogP) is 3.95. The molecular formula is C24H24FN7O. The Bertz CT molecular complexity index is 1490. The molecule has 2 N–H and O–H groups in total. The molecule has 8 nitrogen and oxygen atoms in total. The molecule has 0 aliphatic carbocycles. The molecular weight excluding hydrogens is 421 g/mol. The molecule has 9 heteroatoms. The lowest BCUT2D eigenvalue weighted by Gasteiger charge is -2.08. The van der Waals surface area contributed by atoms with E-state index in [1.807, 2.05) is 43.5 Å². The van der Waals surface area contributed by atoms with Gasteiger partial charge in [0.05, 0.1) is 35.4 Å². The number of hydrogen-bond acceptors (Lipinski definition) is 6. The Kier molecular flexibility index (Phi) is 5.26. The van der Waals surface area contributed by atoms with Crippen LogP contribution in [0.15, 0.2) is 42.7 Å². The molecule has 3 aromatic heterocycles. The maximum Gasteiger partial charge on any atom is 0.152 e. The summed E-state index contributed by atoms with van der Waals surface area (Å²) in [4.78, 5) is 4.44. The van der Waals surface area contributed by atoms with E-state index in [9.17, 15) is 4.39 Å². The van der Waals surface area contributed by atoms with Crippen molar-refractivity contribution < 1.29 is 9.13 Å².